The van der Waals surface area contributed by atoms with Gasteiger partial charge in [-0.05, 0) is 19.9 Å². The predicted octanol–water partition coefficient (Wildman–Crippen LogP) is 2.33. The van der Waals surface area contributed by atoms with Gasteiger partial charge in [0.1, 0.15) is 0 Å². The highest BCUT2D eigenvalue weighted by atomic mass is 16.5. The van der Waals surface area contributed by atoms with Crippen LogP contribution >= 0.6 is 0 Å². The minimum Gasteiger partial charge on any atom is -0.381 e. The zero-order chi connectivity index (χ0) is 14.2. The van der Waals surface area contributed by atoms with Gasteiger partial charge in [-0.2, -0.15) is 5.10 Å². The molecule has 0 radical (unpaired) electrons. The summed E-state index contributed by atoms with van der Waals surface area (Å²) in [6.07, 6.45) is 4.92. The first kappa shape index (κ1) is 14.5. The van der Waals surface area contributed by atoms with Crippen LogP contribution in [0.25, 0.3) is 0 Å². The maximum atomic E-state index is 5.36. The molecule has 1 aliphatic carbocycles. The van der Waals surface area contributed by atoms with Gasteiger partial charge in [0, 0.05) is 43.9 Å². The van der Waals surface area contributed by atoms with Gasteiger partial charge in [-0.3, -0.25) is 9.58 Å². The van der Waals surface area contributed by atoms with Crippen molar-refractivity contribution in [3.63, 3.8) is 0 Å². The Balaban J connectivity index is 2.03. The van der Waals surface area contributed by atoms with Crippen molar-refractivity contribution in [2.75, 3.05) is 14.2 Å². The van der Waals surface area contributed by atoms with Crippen molar-refractivity contribution in [2.24, 2.45) is 7.05 Å². The summed E-state index contributed by atoms with van der Waals surface area (Å²) < 4.78 is 7.29. The molecule has 0 bridgehead atoms. The van der Waals surface area contributed by atoms with Crippen LogP contribution in [0.5, 0.6) is 0 Å². The summed E-state index contributed by atoms with van der Waals surface area (Å²) in [5.41, 5.74) is 2.66. The smallest absolute Gasteiger partial charge is 0.0722 e. The molecular formula is C15H27N3O. The molecule has 0 N–H and O–H groups in total. The molecule has 4 heteroatoms. The molecule has 108 valence electrons. The van der Waals surface area contributed by atoms with Gasteiger partial charge >= 0.3 is 0 Å². The molecule has 0 atom stereocenters. The van der Waals surface area contributed by atoms with Crippen molar-refractivity contribution in [1.29, 1.82) is 0 Å². The highest BCUT2D eigenvalue weighted by Gasteiger charge is 2.33. The Hall–Kier alpha value is -0.870. The third kappa shape index (κ3) is 3.18. The van der Waals surface area contributed by atoms with E-state index in [-0.39, 0.29) is 5.41 Å². The third-order valence-corrected chi connectivity index (χ3v) is 4.06. The Labute approximate surface area is 116 Å². The quantitative estimate of drug-likeness (QED) is 0.837. The maximum Gasteiger partial charge on any atom is 0.0722 e. The molecule has 1 aromatic rings. The van der Waals surface area contributed by atoms with Crippen LogP contribution in [0.3, 0.4) is 0 Å². The van der Waals surface area contributed by atoms with Crippen LogP contribution in [0.1, 0.15) is 44.9 Å². The summed E-state index contributed by atoms with van der Waals surface area (Å²) in [7, 11) is 6.01. The normalized spacial score (nSPS) is 23.7. The van der Waals surface area contributed by atoms with Crippen molar-refractivity contribution >= 4 is 0 Å². The standard InChI is InChI=1S/C15H27N3O/c1-15(2,3)14-11(10-18(5)16-14)9-17(4)12-7-13(8-12)19-6/h10,12-13H,7-9H2,1-6H3. The van der Waals surface area contributed by atoms with Gasteiger partial charge < -0.3 is 4.74 Å². The van der Waals surface area contributed by atoms with E-state index in [2.05, 4.69) is 44.0 Å². The Morgan fingerprint density at radius 1 is 1.42 bits per heavy atom. The monoisotopic (exact) mass is 265 g/mol. The van der Waals surface area contributed by atoms with E-state index in [1.165, 1.54) is 11.3 Å². The lowest BCUT2D eigenvalue weighted by molar-refractivity contribution is -0.0217. The molecule has 1 saturated carbocycles. The van der Waals surface area contributed by atoms with Gasteiger partial charge in [0.25, 0.3) is 0 Å². The van der Waals surface area contributed by atoms with E-state index >= 15 is 0 Å². The Morgan fingerprint density at radius 3 is 2.58 bits per heavy atom. The molecule has 0 unspecified atom stereocenters. The number of ether oxygens (including phenoxy) is 1. The van der Waals surface area contributed by atoms with Crippen LogP contribution in [0.2, 0.25) is 0 Å². The van der Waals surface area contributed by atoms with Crippen LogP contribution in [0.4, 0.5) is 0 Å². The van der Waals surface area contributed by atoms with Gasteiger partial charge in [-0.1, -0.05) is 20.8 Å². The molecule has 0 spiro atoms. The van der Waals surface area contributed by atoms with E-state index in [9.17, 15) is 0 Å². The van der Waals surface area contributed by atoms with Crippen molar-refractivity contribution < 1.29 is 4.74 Å². The second-order valence-corrected chi connectivity index (χ2v) is 6.82. The SMILES string of the molecule is COC1CC(N(C)Cc2cn(C)nc2C(C)(C)C)C1. The summed E-state index contributed by atoms with van der Waals surface area (Å²) in [6, 6.07) is 0.651. The average Bonchev–Trinajstić information content (AvgIpc) is 2.57. The summed E-state index contributed by atoms with van der Waals surface area (Å²) in [5.74, 6) is 0. The van der Waals surface area contributed by atoms with Crippen molar-refractivity contribution in [1.82, 2.24) is 14.7 Å². The highest BCUT2D eigenvalue weighted by molar-refractivity contribution is 5.24. The van der Waals surface area contributed by atoms with Gasteiger partial charge in [0.15, 0.2) is 0 Å². The molecule has 1 aromatic heterocycles. The van der Waals surface area contributed by atoms with E-state index in [0.29, 0.717) is 12.1 Å². The van der Waals surface area contributed by atoms with Gasteiger partial charge in [-0.15, -0.1) is 0 Å². The molecule has 0 saturated heterocycles. The van der Waals surface area contributed by atoms with E-state index in [4.69, 9.17) is 4.74 Å². The molecule has 0 aliphatic heterocycles. The van der Waals surface area contributed by atoms with Gasteiger partial charge in [0.2, 0.25) is 0 Å². The van der Waals surface area contributed by atoms with Gasteiger partial charge in [0.05, 0.1) is 11.8 Å². The number of aromatic nitrogens is 2. The molecule has 1 aliphatic rings. The van der Waals surface area contributed by atoms with Gasteiger partial charge in [-0.25, -0.2) is 0 Å². The molecule has 1 heterocycles. The number of nitrogens with zero attached hydrogens (tertiary/aromatic N) is 3. The summed E-state index contributed by atoms with van der Waals surface area (Å²) in [6.45, 7) is 7.65. The number of aryl methyl sites for hydroxylation is 1. The van der Waals surface area contributed by atoms with Crippen LogP contribution in [0, 0.1) is 0 Å². The number of methoxy groups -OCH3 is 1. The fourth-order valence-corrected chi connectivity index (χ4v) is 2.77. The summed E-state index contributed by atoms with van der Waals surface area (Å²) in [4.78, 5) is 2.43. The number of hydrogen-bond donors (Lipinski definition) is 0. The largest absolute Gasteiger partial charge is 0.381 e. The maximum absolute atomic E-state index is 5.36. The number of hydrogen-bond acceptors (Lipinski definition) is 3. The zero-order valence-electron chi connectivity index (χ0n) is 13.1. The molecule has 0 aromatic carbocycles. The third-order valence-electron chi connectivity index (χ3n) is 4.06. The second kappa shape index (κ2) is 5.25. The Morgan fingerprint density at radius 2 is 2.05 bits per heavy atom. The average molecular weight is 265 g/mol. The molecule has 4 nitrogen and oxygen atoms in total. The lowest BCUT2D eigenvalue weighted by Gasteiger charge is -2.40. The van der Waals surface area contributed by atoms with Crippen LogP contribution in [-0.2, 0) is 23.7 Å². The topological polar surface area (TPSA) is 30.3 Å². The van der Waals surface area contributed by atoms with Crippen molar-refractivity contribution in [2.45, 2.75) is 57.7 Å². The fourth-order valence-electron chi connectivity index (χ4n) is 2.77. The van der Waals surface area contributed by atoms with Crippen molar-refractivity contribution in [3.05, 3.63) is 17.5 Å². The van der Waals surface area contributed by atoms with E-state index in [0.717, 1.165) is 19.4 Å². The van der Waals surface area contributed by atoms with Crippen molar-refractivity contribution in [3.8, 4) is 0 Å². The minimum absolute atomic E-state index is 0.103. The van der Waals surface area contributed by atoms with E-state index in [1.54, 1.807) is 7.11 Å². The molecule has 1 fully saturated rings. The number of rotatable bonds is 4. The van der Waals surface area contributed by atoms with E-state index in [1.807, 2.05) is 11.7 Å². The predicted molar refractivity (Wildman–Crippen MR) is 77.2 cm³/mol. The first-order chi connectivity index (χ1) is 8.81. The zero-order valence-corrected chi connectivity index (χ0v) is 13.1. The van der Waals surface area contributed by atoms with Crippen LogP contribution in [-0.4, -0.2) is 41.0 Å². The van der Waals surface area contributed by atoms with E-state index < -0.39 is 0 Å². The lowest BCUT2D eigenvalue weighted by atomic mass is 9.86. The lowest BCUT2D eigenvalue weighted by Crippen LogP contribution is -2.45. The molecule has 2 rings (SSSR count). The fraction of sp³-hybridized carbons (Fsp3) is 0.800. The second-order valence-electron chi connectivity index (χ2n) is 6.82. The Bertz CT molecular complexity index is 427. The molecular weight excluding hydrogens is 238 g/mol. The summed E-state index contributed by atoms with van der Waals surface area (Å²) in [5, 5.41) is 4.63. The van der Waals surface area contributed by atoms with Crippen LogP contribution in [0.15, 0.2) is 6.20 Å². The summed E-state index contributed by atoms with van der Waals surface area (Å²) >= 11 is 0. The molecule has 0 amide bonds. The molecule has 19 heavy (non-hydrogen) atoms. The first-order valence-electron chi connectivity index (χ1n) is 7.07. The Kier molecular flexibility index (Phi) is 4.02. The van der Waals surface area contributed by atoms with Crippen LogP contribution < -0.4 is 0 Å². The highest BCUT2D eigenvalue weighted by Crippen LogP contribution is 2.30. The minimum atomic E-state index is 0.103. The first-order valence-corrected chi connectivity index (χ1v) is 7.07.